The molecule has 1 fully saturated rings. The second kappa shape index (κ2) is 11.6. The van der Waals surface area contributed by atoms with Crippen LogP contribution in [0.5, 0.6) is 0 Å². The second-order valence-electron chi connectivity index (χ2n) is 9.55. The first-order valence-corrected chi connectivity index (χ1v) is 12.8. The Bertz CT molecular complexity index is 1620. The van der Waals surface area contributed by atoms with Crippen molar-refractivity contribution in [1.29, 1.82) is 0 Å². The average molecular weight is 545 g/mol. The van der Waals surface area contributed by atoms with E-state index in [0.29, 0.717) is 17.8 Å². The summed E-state index contributed by atoms with van der Waals surface area (Å²) >= 11 is 0. The Hall–Kier alpha value is -4.68. The fraction of sp³-hybridized carbons (Fsp3) is 0.250. The highest BCUT2D eigenvalue weighted by Crippen LogP contribution is 2.26. The first-order chi connectivity index (χ1) is 19.3. The van der Waals surface area contributed by atoms with Gasteiger partial charge in [-0.05, 0) is 43.3 Å². The third-order valence-corrected chi connectivity index (χ3v) is 6.51. The van der Waals surface area contributed by atoms with Gasteiger partial charge in [-0.25, -0.2) is 14.4 Å². The third-order valence-electron chi connectivity index (χ3n) is 6.51. The SMILES string of the molecule is C=CC(=O)Nc1cccc(-c2nc3nc(Nc4ccc(N5CCN(C[C@H](C)O)CC5)cc4F)ncc3c(=O)[nH]2)c1. The highest BCUT2D eigenvalue weighted by Gasteiger charge is 2.19. The van der Waals surface area contributed by atoms with Crippen molar-refractivity contribution in [2.45, 2.75) is 13.0 Å². The Balaban J connectivity index is 1.34. The number of rotatable bonds is 8. The number of nitrogens with one attached hydrogen (secondary N) is 3. The van der Waals surface area contributed by atoms with E-state index in [9.17, 15) is 14.7 Å². The van der Waals surface area contributed by atoms with E-state index in [1.54, 1.807) is 37.3 Å². The molecule has 1 saturated heterocycles. The summed E-state index contributed by atoms with van der Waals surface area (Å²) in [4.78, 5) is 44.3. The number of H-pyrrole nitrogens is 1. The molecule has 4 N–H and O–H groups in total. The maximum Gasteiger partial charge on any atom is 0.262 e. The number of aliphatic hydroxyl groups is 1. The molecule has 0 saturated carbocycles. The quantitative estimate of drug-likeness (QED) is 0.247. The van der Waals surface area contributed by atoms with Crippen LogP contribution in [0, 0.1) is 5.82 Å². The van der Waals surface area contributed by atoms with Crippen LogP contribution >= 0.6 is 0 Å². The van der Waals surface area contributed by atoms with Crippen molar-refractivity contribution in [3.05, 3.63) is 77.5 Å². The topological polar surface area (TPSA) is 139 Å². The number of hydrogen-bond donors (Lipinski definition) is 4. The van der Waals surface area contributed by atoms with Gasteiger partial charge in [0.15, 0.2) is 5.65 Å². The van der Waals surface area contributed by atoms with Crippen LogP contribution in [0.3, 0.4) is 0 Å². The monoisotopic (exact) mass is 544 g/mol. The minimum absolute atomic E-state index is 0.0851. The van der Waals surface area contributed by atoms with Gasteiger partial charge in [-0.1, -0.05) is 18.7 Å². The fourth-order valence-corrected chi connectivity index (χ4v) is 4.55. The molecule has 4 aromatic rings. The van der Waals surface area contributed by atoms with Crippen molar-refractivity contribution in [2.24, 2.45) is 0 Å². The number of hydrogen-bond acceptors (Lipinski definition) is 9. The molecule has 0 aliphatic carbocycles. The van der Waals surface area contributed by atoms with Crippen molar-refractivity contribution in [3.8, 4) is 11.4 Å². The Morgan fingerprint density at radius 2 is 2.00 bits per heavy atom. The maximum atomic E-state index is 15.1. The summed E-state index contributed by atoms with van der Waals surface area (Å²) in [6.45, 7) is 8.88. The van der Waals surface area contributed by atoms with Crippen molar-refractivity contribution in [3.63, 3.8) is 0 Å². The zero-order valence-electron chi connectivity index (χ0n) is 21.9. The first-order valence-electron chi connectivity index (χ1n) is 12.8. The molecule has 2 aromatic heterocycles. The molecule has 1 aliphatic heterocycles. The highest BCUT2D eigenvalue weighted by atomic mass is 19.1. The lowest BCUT2D eigenvalue weighted by Gasteiger charge is -2.36. The van der Waals surface area contributed by atoms with E-state index < -0.39 is 11.4 Å². The minimum atomic E-state index is -0.467. The van der Waals surface area contributed by atoms with E-state index in [2.05, 4.69) is 46.9 Å². The number of halogens is 1. The lowest BCUT2D eigenvalue weighted by molar-refractivity contribution is -0.111. The number of fused-ring (bicyclic) bond motifs is 1. The molecule has 12 heteroatoms. The molecule has 1 atom stereocenters. The zero-order chi connectivity index (χ0) is 28.2. The van der Waals surface area contributed by atoms with Crippen LogP contribution in [0.25, 0.3) is 22.4 Å². The number of nitrogens with zero attached hydrogens (tertiary/aromatic N) is 5. The number of aromatic amines is 1. The molecular weight excluding hydrogens is 515 g/mol. The van der Waals surface area contributed by atoms with E-state index >= 15 is 4.39 Å². The Morgan fingerprint density at radius 3 is 2.73 bits per heavy atom. The molecule has 0 radical (unpaired) electrons. The number of benzene rings is 2. The van der Waals surface area contributed by atoms with Crippen LogP contribution in [0.1, 0.15) is 6.92 Å². The second-order valence-corrected chi connectivity index (χ2v) is 9.55. The van der Waals surface area contributed by atoms with Crippen molar-refractivity contribution in [1.82, 2.24) is 24.8 Å². The van der Waals surface area contributed by atoms with Gasteiger partial charge in [0.1, 0.15) is 17.0 Å². The normalized spacial score (nSPS) is 14.6. The predicted molar refractivity (Wildman–Crippen MR) is 152 cm³/mol. The Kier molecular flexibility index (Phi) is 7.80. The third kappa shape index (κ3) is 6.14. The van der Waals surface area contributed by atoms with Gasteiger partial charge in [0.05, 0.1) is 11.8 Å². The molecule has 206 valence electrons. The van der Waals surface area contributed by atoms with Crippen LogP contribution in [0.4, 0.5) is 27.4 Å². The molecule has 0 unspecified atom stereocenters. The van der Waals surface area contributed by atoms with E-state index in [0.717, 1.165) is 37.9 Å². The Morgan fingerprint density at radius 1 is 1.20 bits per heavy atom. The van der Waals surface area contributed by atoms with Gasteiger partial charge < -0.3 is 25.6 Å². The fourth-order valence-electron chi connectivity index (χ4n) is 4.55. The van der Waals surface area contributed by atoms with E-state index in [1.807, 2.05) is 6.07 Å². The number of carbonyl (C=O) groups is 1. The summed E-state index contributed by atoms with van der Waals surface area (Å²) in [5.41, 5.74) is 1.72. The summed E-state index contributed by atoms with van der Waals surface area (Å²) in [6.07, 6.45) is 2.11. The molecule has 1 aliphatic rings. The maximum absolute atomic E-state index is 15.1. The molecule has 11 nitrogen and oxygen atoms in total. The van der Waals surface area contributed by atoms with E-state index in [-0.39, 0.29) is 40.5 Å². The number of piperazine rings is 1. The number of aromatic nitrogens is 4. The summed E-state index contributed by atoms with van der Waals surface area (Å²) in [7, 11) is 0. The Labute approximate surface area is 229 Å². The van der Waals surface area contributed by atoms with Gasteiger partial charge in [-0.3, -0.25) is 14.5 Å². The number of amides is 1. The molecule has 0 bridgehead atoms. The van der Waals surface area contributed by atoms with E-state index in [1.165, 1.54) is 12.3 Å². The zero-order valence-corrected chi connectivity index (χ0v) is 21.9. The summed E-state index contributed by atoms with van der Waals surface area (Å²) < 4.78 is 15.1. The van der Waals surface area contributed by atoms with Crippen LogP contribution in [0.15, 0.2) is 66.1 Å². The molecule has 0 spiro atoms. The lowest BCUT2D eigenvalue weighted by Crippen LogP contribution is -2.48. The van der Waals surface area contributed by atoms with Gasteiger partial charge in [0, 0.05) is 55.9 Å². The number of anilines is 4. The van der Waals surface area contributed by atoms with Gasteiger partial charge in [-0.15, -0.1) is 0 Å². The average Bonchev–Trinajstić information content (AvgIpc) is 2.94. The van der Waals surface area contributed by atoms with Gasteiger partial charge in [0.2, 0.25) is 11.9 Å². The van der Waals surface area contributed by atoms with Gasteiger partial charge in [-0.2, -0.15) is 4.98 Å². The van der Waals surface area contributed by atoms with Gasteiger partial charge >= 0.3 is 0 Å². The van der Waals surface area contributed by atoms with Crippen molar-refractivity contribution < 1.29 is 14.3 Å². The summed E-state index contributed by atoms with van der Waals surface area (Å²) in [5, 5.41) is 15.3. The highest BCUT2D eigenvalue weighted by molar-refractivity contribution is 5.99. The molecule has 1 amide bonds. The summed E-state index contributed by atoms with van der Waals surface area (Å²) in [5.74, 6) is -0.496. The predicted octanol–water partition coefficient (Wildman–Crippen LogP) is 2.89. The molecule has 40 heavy (non-hydrogen) atoms. The van der Waals surface area contributed by atoms with E-state index in [4.69, 9.17) is 0 Å². The largest absolute Gasteiger partial charge is 0.392 e. The number of β-amino-alcohol motifs (C(OH)–C–C–N with tert-alkyl or cyclic N) is 1. The standard InChI is InChI=1S/C28H29FN8O3/c1-3-24(39)31-19-6-4-5-18(13-19)25-33-26-21(27(40)34-25)15-30-28(35-26)32-23-8-7-20(14-22(23)29)37-11-9-36(10-12-37)16-17(2)38/h3-8,13-15,17,38H,1,9-12,16H2,2H3,(H,31,39)(H2,30,32,33,34,35,40)/t17-/m0/s1. The van der Waals surface area contributed by atoms with Crippen molar-refractivity contribution >= 4 is 40.0 Å². The molecular formula is C28H29FN8O3. The smallest absolute Gasteiger partial charge is 0.262 e. The minimum Gasteiger partial charge on any atom is -0.392 e. The van der Waals surface area contributed by atoms with Gasteiger partial charge in [0.25, 0.3) is 5.56 Å². The van der Waals surface area contributed by atoms with Crippen LogP contribution < -0.4 is 21.1 Å². The first kappa shape index (κ1) is 26.9. The molecule has 3 heterocycles. The number of aliphatic hydroxyl groups excluding tert-OH is 1. The lowest BCUT2D eigenvalue weighted by atomic mass is 10.2. The molecule has 2 aromatic carbocycles. The van der Waals surface area contributed by atoms with Crippen LogP contribution in [0.2, 0.25) is 0 Å². The molecule has 5 rings (SSSR count). The van der Waals surface area contributed by atoms with Crippen LogP contribution in [-0.2, 0) is 4.79 Å². The van der Waals surface area contributed by atoms with Crippen LogP contribution in [-0.4, -0.2) is 74.7 Å². The summed E-state index contributed by atoms with van der Waals surface area (Å²) in [6, 6.07) is 11.7. The number of carbonyl (C=O) groups excluding carboxylic acids is 1. The van der Waals surface area contributed by atoms with Crippen molar-refractivity contribution in [2.75, 3.05) is 48.3 Å².